The fourth-order valence-electron chi connectivity index (χ4n) is 5.60. The highest BCUT2D eigenvalue weighted by molar-refractivity contribution is 9.10. The number of imidazole rings is 1. The molecule has 2 aromatic carbocycles. The molecule has 1 fully saturated rings. The van der Waals surface area contributed by atoms with Crippen molar-refractivity contribution in [2.24, 2.45) is 0 Å². The quantitative estimate of drug-likeness (QED) is 0.166. The van der Waals surface area contributed by atoms with Crippen LogP contribution in [0.25, 0.3) is 0 Å². The van der Waals surface area contributed by atoms with Gasteiger partial charge in [-0.05, 0) is 84.1 Å². The predicted octanol–water partition coefficient (Wildman–Crippen LogP) is 6.13. The second kappa shape index (κ2) is 11.8. The molecule has 46 heavy (non-hydrogen) atoms. The number of fused-ring (bicyclic) bond motifs is 1. The summed E-state index contributed by atoms with van der Waals surface area (Å²) in [5.74, 6) is -2.15. The number of anilines is 2. The molecule has 6 rings (SSSR count). The number of carbonyl (C=O) groups is 3. The maximum absolute atomic E-state index is 14.3. The number of halogens is 4. The molecule has 0 spiro atoms. The van der Waals surface area contributed by atoms with Crippen molar-refractivity contribution < 1.29 is 18.8 Å². The summed E-state index contributed by atoms with van der Waals surface area (Å²) in [7, 11) is 0. The molecule has 2 N–H and O–H groups in total. The van der Waals surface area contributed by atoms with E-state index in [-0.39, 0.29) is 45.7 Å². The molecule has 3 heterocycles. The van der Waals surface area contributed by atoms with Gasteiger partial charge in [0.05, 0.1) is 39.6 Å². The number of nitrogens with zero attached hydrogens (tertiary/aromatic N) is 5. The van der Waals surface area contributed by atoms with Crippen molar-refractivity contribution in [1.29, 1.82) is 5.26 Å². The van der Waals surface area contributed by atoms with E-state index in [0.29, 0.717) is 28.6 Å². The Morgan fingerprint density at radius 3 is 2.37 bits per heavy atom. The Kier molecular flexibility index (Phi) is 8.13. The third kappa shape index (κ3) is 5.53. The molecule has 234 valence electrons. The Morgan fingerprint density at radius 1 is 1.11 bits per heavy atom. The number of aromatic nitrogens is 3. The van der Waals surface area contributed by atoms with E-state index in [9.17, 15) is 24.0 Å². The molecule has 4 aromatic rings. The summed E-state index contributed by atoms with van der Waals surface area (Å²) in [6, 6.07) is 14.6. The van der Waals surface area contributed by atoms with Gasteiger partial charge in [0, 0.05) is 12.6 Å². The zero-order valence-electron chi connectivity index (χ0n) is 24.4. The van der Waals surface area contributed by atoms with Crippen molar-refractivity contribution in [2.75, 3.05) is 4.90 Å². The van der Waals surface area contributed by atoms with Gasteiger partial charge in [-0.15, -0.1) is 0 Å². The van der Waals surface area contributed by atoms with E-state index in [1.54, 1.807) is 43.5 Å². The Labute approximate surface area is 281 Å². The number of nitrogens with one attached hydrogen (secondary N) is 2. The van der Waals surface area contributed by atoms with Crippen molar-refractivity contribution in [1.82, 2.24) is 25.2 Å². The van der Waals surface area contributed by atoms with Gasteiger partial charge < -0.3 is 10.6 Å². The summed E-state index contributed by atoms with van der Waals surface area (Å²) < 4.78 is 16.5. The van der Waals surface area contributed by atoms with E-state index in [4.69, 9.17) is 23.2 Å². The van der Waals surface area contributed by atoms with Gasteiger partial charge >= 0.3 is 0 Å². The normalized spacial score (nSPS) is 18.5. The molecule has 10 nitrogen and oxygen atoms in total. The lowest BCUT2D eigenvalue weighted by Gasteiger charge is -2.27. The largest absolute Gasteiger partial charge is 0.347 e. The summed E-state index contributed by atoms with van der Waals surface area (Å²) in [5, 5.41) is 14.5. The van der Waals surface area contributed by atoms with Crippen LogP contribution in [-0.2, 0) is 21.5 Å². The summed E-state index contributed by atoms with van der Waals surface area (Å²) in [5.41, 5.74) is -0.363. The van der Waals surface area contributed by atoms with Gasteiger partial charge in [-0.3, -0.25) is 19.0 Å². The van der Waals surface area contributed by atoms with Crippen molar-refractivity contribution in [2.45, 2.75) is 50.2 Å². The molecule has 0 unspecified atom stereocenters. The highest BCUT2D eigenvalue weighted by Crippen LogP contribution is 2.44. The Balaban J connectivity index is 1.34. The van der Waals surface area contributed by atoms with Crippen LogP contribution in [0, 0.1) is 17.1 Å². The topological polar surface area (TPSA) is 133 Å². The van der Waals surface area contributed by atoms with E-state index >= 15 is 0 Å². The molecule has 2 aliphatic rings. The first-order valence-electron chi connectivity index (χ1n) is 14.2. The molecule has 14 heteroatoms. The molecule has 2 aromatic heterocycles. The minimum atomic E-state index is -1.40. The third-order valence-corrected chi connectivity index (χ3v) is 9.35. The second-order valence-electron chi connectivity index (χ2n) is 11.5. The molecular weight excluding hydrogens is 700 g/mol. The van der Waals surface area contributed by atoms with E-state index < -0.39 is 28.7 Å². The molecule has 1 saturated carbocycles. The lowest BCUT2D eigenvalue weighted by molar-refractivity contribution is -0.125. The number of amides is 3. The Hall–Kier alpha value is -4.31. The number of hydrogen-bond acceptors (Lipinski definition) is 6. The monoisotopic (exact) mass is 723 g/mol. The zero-order chi connectivity index (χ0) is 33.0. The van der Waals surface area contributed by atoms with Crippen LogP contribution in [0.5, 0.6) is 0 Å². The van der Waals surface area contributed by atoms with Gasteiger partial charge in [0.15, 0.2) is 5.82 Å². The highest BCUT2D eigenvalue weighted by Gasteiger charge is 2.54. The Morgan fingerprint density at radius 2 is 1.78 bits per heavy atom. The zero-order valence-corrected chi connectivity index (χ0v) is 27.5. The summed E-state index contributed by atoms with van der Waals surface area (Å²) in [6.45, 7) is 3.49. The predicted molar refractivity (Wildman–Crippen MR) is 172 cm³/mol. The highest BCUT2D eigenvalue weighted by atomic mass is 79.9. The number of pyridine rings is 1. The van der Waals surface area contributed by atoms with E-state index in [1.165, 1.54) is 27.8 Å². The number of hydrogen-bond donors (Lipinski definition) is 2. The lowest BCUT2D eigenvalue weighted by atomic mass is 9.91. The lowest BCUT2D eigenvalue weighted by Crippen LogP contribution is -2.50. The van der Waals surface area contributed by atoms with Crippen LogP contribution in [0.2, 0.25) is 10.0 Å². The van der Waals surface area contributed by atoms with Gasteiger partial charge in [0.1, 0.15) is 21.4 Å². The van der Waals surface area contributed by atoms with E-state index in [0.717, 1.165) is 5.56 Å². The van der Waals surface area contributed by atoms with Crippen LogP contribution in [0.1, 0.15) is 59.9 Å². The van der Waals surface area contributed by atoms with E-state index in [1.807, 2.05) is 13.0 Å². The molecule has 1 aliphatic carbocycles. The first-order chi connectivity index (χ1) is 21.9. The molecule has 2 atom stereocenters. The van der Waals surface area contributed by atoms with E-state index in [2.05, 4.69) is 42.6 Å². The summed E-state index contributed by atoms with van der Waals surface area (Å²) in [4.78, 5) is 51.5. The molecule has 0 bridgehead atoms. The van der Waals surface area contributed by atoms with Gasteiger partial charge in [-0.25, -0.2) is 19.3 Å². The maximum Gasteiger partial charge on any atom is 0.270 e. The molecule has 0 saturated heterocycles. The first kappa shape index (κ1) is 31.7. The standard InChI is InChI=1S/C32H25BrCl2FN7O3/c1-17(20-7-8-25(33)38-15-20)40-28(45)32(9-10-32)41-27(44)24-16-39-30-42(21-11-22(34)26(36)23(35)12-21)29(46)31(2,43(24)30)13-18-3-5-19(14-37)6-4-18/h3-8,11-12,15-17H,9-10,13H2,1-2H3,(H,40,45)(H,41,44)/t17-,31-/m1/s1. The molecule has 1 aliphatic heterocycles. The van der Waals surface area contributed by atoms with Gasteiger partial charge in [-0.1, -0.05) is 41.4 Å². The first-order valence-corrected chi connectivity index (χ1v) is 15.7. The van der Waals surface area contributed by atoms with Gasteiger partial charge in [0.2, 0.25) is 11.9 Å². The van der Waals surface area contributed by atoms with Gasteiger partial charge in [0.25, 0.3) is 11.8 Å². The smallest absolute Gasteiger partial charge is 0.270 e. The second-order valence-corrected chi connectivity index (χ2v) is 13.2. The number of nitriles is 1. The fourth-order valence-corrected chi connectivity index (χ4v) is 6.31. The minimum Gasteiger partial charge on any atom is -0.347 e. The average molecular weight is 725 g/mol. The average Bonchev–Trinajstić information content (AvgIpc) is 3.62. The van der Waals surface area contributed by atoms with Crippen molar-refractivity contribution >= 4 is 68.5 Å². The van der Waals surface area contributed by atoms with Crippen molar-refractivity contribution in [3.05, 3.63) is 104 Å². The molecule has 0 radical (unpaired) electrons. The summed E-state index contributed by atoms with van der Waals surface area (Å²) >= 11 is 15.5. The van der Waals surface area contributed by atoms with Crippen molar-refractivity contribution in [3.8, 4) is 6.07 Å². The maximum atomic E-state index is 14.3. The van der Waals surface area contributed by atoms with Crippen LogP contribution < -0.4 is 15.5 Å². The van der Waals surface area contributed by atoms with Crippen LogP contribution in [0.4, 0.5) is 16.0 Å². The minimum absolute atomic E-state index is 0.0468. The number of carbonyl (C=O) groups excluding carboxylic acids is 3. The molecule has 3 amide bonds. The van der Waals surface area contributed by atoms with Crippen LogP contribution in [-0.4, -0.2) is 37.8 Å². The number of benzene rings is 2. The van der Waals surface area contributed by atoms with Crippen molar-refractivity contribution in [3.63, 3.8) is 0 Å². The van der Waals surface area contributed by atoms with Crippen LogP contribution in [0.15, 0.2) is 65.5 Å². The Bertz CT molecular complexity index is 1920. The third-order valence-electron chi connectivity index (χ3n) is 8.33. The molecular formula is C32H25BrCl2FN7O3. The SMILES string of the molecule is C[C@@H](NC(=O)C1(NC(=O)c2cnc3n2[C@](C)(Cc2ccc(C#N)cc2)C(=O)N3c2cc(Cl)c(F)c(Cl)c2)CC1)c1ccc(Br)nc1. The van der Waals surface area contributed by atoms with Crippen LogP contribution in [0.3, 0.4) is 0 Å². The summed E-state index contributed by atoms with van der Waals surface area (Å²) in [6.07, 6.45) is 3.96. The van der Waals surface area contributed by atoms with Crippen LogP contribution >= 0.6 is 39.1 Å². The number of rotatable bonds is 8. The van der Waals surface area contributed by atoms with Gasteiger partial charge in [-0.2, -0.15) is 5.26 Å². The fraction of sp³-hybridized carbons (Fsp3) is 0.250.